The molecule has 0 aliphatic heterocycles. The minimum Gasteiger partial charge on any atom is -0.489 e. The predicted octanol–water partition coefficient (Wildman–Crippen LogP) is 2.99. The summed E-state index contributed by atoms with van der Waals surface area (Å²) in [6.45, 7) is 5.73. The molecule has 2 aromatic rings. The molecule has 0 bridgehead atoms. The Morgan fingerprint density at radius 1 is 1.20 bits per heavy atom. The molecule has 0 fully saturated rings. The second-order valence-electron chi connectivity index (χ2n) is 4.98. The van der Waals surface area contributed by atoms with E-state index >= 15 is 0 Å². The fourth-order valence-electron chi connectivity index (χ4n) is 1.86. The molecule has 4 heteroatoms. The van der Waals surface area contributed by atoms with Crippen LogP contribution in [0.15, 0.2) is 36.7 Å². The molecule has 20 heavy (non-hydrogen) atoms. The van der Waals surface area contributed by atoms with Crippen LogP contribution in [0.25, 0.3) is 0 Å². The van der Waals surface area contributed by atoms with Crippen LogP contribution in [0.2, 0.25) is 0 Å². The molecule has 0 saturated heterocycles. The highest BCUT2D eigenvalue weighted by Gasteiger charge is 2.12. The number of ether oxygens (including phenoxy) is 1. The quantitative estimate of drug-likeness (QED) is 0.685. The van der Waals surface area contributed by atoms with Crippen LogP contribution in [0.1, 0.15) is 35.3 Å². The van der Waals surface area contributed by atoms with E-state index in [1.165, 1.54) is 0 Å². The molecule has 0 saturated carbocycles. The summed E-state index contributed by atoms with van der Waals surface area (Å²) in [5.41, 5.74) is 8.43. The summed E-state index contributed by atoms with van der Waals surface area (Å²) in [5, 5.41) is 0. The van der Waals surface area contributed by atoms with Crippen molar-refractivity contribution in [2.24, 2.45) is 0 Å². The molecular formula is C16H18N2O2. The van der Waals surface area contributed by atoms with Crippen LogP contribution in [0, 0.1) is 6.92 Å². The van der Waals surface area contributed by atoms with Gasteiger partial charge in [-0.05, 0) is 50.6 Å². The van der Waals surface area contributed by atoms with E-state index < -0.39 is 0 Å². The molecule has 0 atom stereocenters. The van der Waals surface area contributed by atoms with E-state index in [2.05, 4.69) is 4.98 Å². The predicted molar refractivity (Wildman–Crippen MR) is 79.0 cm³/mol. The first-order chi connectivity index (χ1) is 9.47. The van der Waals surface area contributed by atoms with Crippen LogP contribution in [0.4, 0.5) is 5.69 Å². The molecule has 0 aliphatic rings. The number of anilines is 1. The van der Waals surface area contributed by atoms with E-state index in [4.69, 9.17) is 10.5 Å². The van der Waals surface area contributed by atoms with Crippen molar-refractivity contribution in [3.05, 3.63) is 53.3 Å². The van der Waals surface area contributed by atoms with E-state index in [0.717, 1.165) is 5.56 Å². The average molecular weight is 270 g/mol. The lowest BCUT2D eigenvalue weighted by Gasteiger charge is -2.10. The number of nitrogens with two attached hydrogens (primary N) is 1. The van der Waals surface area contributed by atoms with Gasteiger partial charge in [0.2, 0.25) is 0 Å². The molecule has 0 radical (unpaired) electrons. The van der Waals surface area contributed by atoms with E-state index in [1.807, 2.05) is 20.8 Å². The second kappa shape index (κ2) is 5.74. The molecule has 0 amide bonds. The Morgan fingerprint density at radius 3 is 2.60 bits per heavy atom. The van der Waals surface area contributed by atoms with Crippen molar-refractivity contribution < 1.29 is 9.53 Å². The monoisotopic (exact) mass is 270 g/mol. The molecule has 0 unspecified atom stereocenters. The number of nitrogen functional groups attached to an aromatic ring is 1. The Balaban J connectivity index is 2.30. The largest absolute Gasteiger partial charge is 0.489 e. The number of pyridine rings is 1. The average Bonchev–Trinajstić information content (AvgIpc) is 2.40. The summed E-state index contributed by atoms with van der Waals surface area (Å²) in [6, 6.07) is 6.96. The van der Waals surface area contributed by atoms with Gasteiger partial charge in [-0.2, -0.15) is 0 Å². The summed E-state index contributed by atoms with van der Waals surface area (Å²) < 4.78 is 5.55. The molecule has 4 nitrogen and oxygen atoms in total. The second-order valence-corrected chi connectivity index (χ2v) is 4.98. The molecule has 0 aliphatic carbocycles. The number of aryl methyl sites for hydroxylation is 1. The van der Waals surface area contributed by atoms with Gasteiger partial charge in [-0.25, -0.2) is 0 Å². The summed E-state index contributed by atoms with van der Waals surface area (Å²) in [7, 11) is 0. The molecule has 1 heterocycles. The van der Waals surface area contributed by atoms with Crippen molar-refractivity contribution in [2.45, 2.75) is 26.9 Å². The first-order valence-electron chi connectivity index (χ1n) is 6.50. The fourth-order valence-corrected chi connectivity index (χ4v) is 1.86. The minimum absolute atomic E-state index is 0.0425. The fraction of sp³-hybridized carbons (Fsp3) is 0.250. The zero-order chi connectivity index (χ0) is 14.7. The Hall–Kier alpha value is -2.36. The zero-order valence-electron chi connectivity index (χ0n) is 11.9. The number of ketones is 1. The van der Waals surface area contributed by atoms with E-state index in [-0.39, 0.29) is 11.9 Å². The smallest absolute Gasteiger partial charge is 0.194 e. The molecular weight excluding hydrogens is 252 g/mol. The van der Waals surface area contributed by atoms with Crippen LogP contribution in [0.3, 0.4) is 0 Å². The number of hydrogen-bond acceptors (Lipinski definition) is 4. The van der Waals surface area contributed by atoms with E-state index in [0.29, 0.717) is 22.6 Å². The first kappa shape index (κ1) is 14.1. The van der Waals surface area contributed by atoms with E-state index in [1.54, 1.807) is 36.7 Å². The maximum Gasteiger partial charge on any atom is 0.194 e. The normalized spacial score (nSPS) is 10.6. The maximum atomic E-state index is 12.4. The number of carbonyl (C=O) groups excluding carboxylic acids is 1. The molecule has 1 aromatic carbocycles. The summed E-state index contributed by atoms with van der Waals surface area (Å²) in [6.07, 6.45) is 3.19. The van der Waals surface area contributed by atoms with Gasteiger partial charge in [0.05, 0.1) is 12.3 Å². The number of benzene rings is 1. The van der Waals surface area contributed by atoms with Crippen LogP contribution < -0.4 is 10.5 Å². The summed E-state index contributed by atoms with van der Waals surface area (Å²) in [5.74, 6) is 0.507. The third-order valence-electron chi connectivity index (χ3n) is 2.88. The van der Waals surface area contributed by atoms with Crippen molar-refractivity contribution in [1.29, 1.82) is 0 Å². The third-order valence-corrected chi connectivity index (χ3v) is 2.88. The Morgan fingerprint density at radius 2 is 1.95 bits per heavy atom. The SMILES string of the molecule is Cc1cc(C(=O)c2cncc(OC(C)C)c2)ccc1N. The lowest BCUT2D eigenvalue weighted by Crippen LogP contribution is -2.08. The van der Waals surface area contributed by atoms with Crippen LogP contribution in [-0.4, -0.2) is 16.9 Å². The summed E-state index contributed by atoms with van der Waals surface area (Å²) >= 11 is 0. The van der Waals surface area contributed by atoms with Crippen molar-refractivity contribution >= 4 is 11.5 Å². The maximum absolute atomic E-state index is 12.4. The highest BCUT2D eigenvalue weighted by Crippen LogP contribution is 2.19. The van der Waals surface area contributed by atoms with Gasteiger partial charge in [-0.3, -0.25) is 9.78 Å². The van der Waals surface area contributed by atoms with Gasteiger partial charge < -0.3 is 10.5 Å². The van der Waals surface area contributed by atoms with Gasteiger partial charge in [0.25, 0.3) is 0 Å². The van der Waals surface area contributed by atoms with Crippen LogP contribution in [0.5, 0.6) is 5.75 Å². The zero-order valence-corrected chi connectivity index (χ0v) is 11.9. The summed E-state index contributed by atoms with van der Waals surface area (Å²) in [4.78, 5) is 16.5. The van der Waals surface area contributed by atoms with Gasteiger partial charge in [-0.1, -0.05) is 0 Å². The van der Waals surface area contributed by atoms with Gasteiger partial charge >= 0.3 is 0 Å². The molecule has 0 spiro atoms. The highest BCUT2D eigenvalue weighted by atomic mass is 16.5. The Kier molecular flexibility index (Phi) is 4.03. The number of aromatic nitrogens is 1. The first-order valence-corrected chi connectivity index (χ1v) is 6.50. The van der Waals surface area contributed by atoms with Gasteiger partial charge in [-0.15, -0.1) is 0 Å². The molecule has 104 valence electrons. The number of hydrogen-bond donors (Lipinski definition) is 1. The lowest BCUT2D eigenvalue weighted by molar-refractivity contribution is 0.103. The van der Waals surface area contributed by atoms with Crippen molar-refractivity contribution in [3.8, 4) is 5.75 Å². The standard InChI is InChI=1S/C16H18N2O2/c1-10(2)20-14-7-13(8-18-9-14)16(19)12-4-5-15(17)11(3)6-12/h4-10H,17H2,1-3H3. The molecule has 2 N–H and O–H groups in total. The third kappa shape index (κ3) is 3.15. The molecule has 1 aromatic heterocycles. The minimum atomic E-state index is -0.0881. The lowest BCUT2D eigenvalue weighted by atomic mass is 10.0. The number of carbonyl (C=O) groups is 1. The number of nitrogens with zero attached hydrogens (tertiary/aromatic N) is 1. The van der Waals surface area contributed by atoms with Crippen molar-refractivity contribution in [1.82, 2.24) is 4.98 Å². The van der Waals surface area contributed by atoms with E-state index in [9.17, 15) is 4.79 Å². The Labute approximate surface area is 118 Å². The Bertz CT molecular complexity index is 636. The van der Waals surface area contributed by atoms with Crippen molar-refractivity contribution in [3.63, 3.8) is 0 Å². The number of rotatable bonds is 4. The highest BCUT2D eigenvalue weighted by molar-refractivity contribution is 6.09. The van der Waals surface area contributed by atoms with Gasteiger partial charge in [0.15, 0.2) is 5.78 Å². The topological polar surface area (TPSA) is 65.2 Å². The van der Waals surface area contributed by atoms with Gasteiger partial charge in [0, 0.05) is 23.0 Å². The van der Waals surface area contributed by atoms with Crippen LogP contribution in [-0.2, 0) is 0 Å². The van der Waals surface area contributed by atoms with Crippen molar-refractivity contribution in [2.75, 3.05) is 5.73 Å². The molecule has 2 rings (SSSR count). The van der Waals surface area contributed by atoms with Gasteiger partial charge in [0.1, 0.15) is 5.75 Å². The van der Waals surface area contributed by atoms with Crippen LogP contribution >= 0.6 is 0 Å².